The zero-order chi connectivity index (χ0) is 25.3. The summed E-state index contributed by atoms with van der Waals surface area (Å²) in [6, 6.07) is 4.03. The number of ether oxygens (including phenoxy) is 2. The molecule has 0 radical (unpaired) electrons. The van der Waals surface area contributed by atoms with Crippen LogP contribution >= 0.6 is 0 Å². The van der Waals surface area contributed by atoms with Crippen molar-refractivity contribution in [1.29, 1.82) is 0 Å². The summed E-state index contributed by atoms with van der Waals surface area (Å²) in [5.41, 5.74) is 0.118. The van der Waals surface area contributed by atoms with Crippen LogP contribution < -0.4 is 4.90 Å². The third-order valence-electron chi connectivity index (χ3n) is 7.34. The number of hydrogen-bond acceptors (Lipinski definition) is 8. The fourth-order valence-corrected chi connectivity index (χ4v) is 5.34. The predicted molar refractivity (Wildman–Crippen MR) is 133 cm³/mol. The molecule has 0 aliphatic carbocycles. The van der Waals surface area contributed by atoms with E-state index in [1.807, 2.05) is 24.0 Å². The molecule has 0 saturated carbocycles. The summed E-state index contributed by atoms with van der Waals surface area (Å²) < 4.78 is 11.0. The van der Waals surface area contributed by atoms with Crippen LogP contribution in [0.3, 0.4) is 0 Å². The first kappa shape index (κ1) is 27.1. The molecule has 0 N–H and O–H groups in total. The molecule has 1 aromatic heterocycles. The zero-order valence-corrected chi connectivity index (χ0v) is 21.4. The van der Waals surface area contributed by atoms with Crippen LogP contribution in [0.25, 0.3) is 0 Å². The van der Waals surface area contributed by atoms with E-state index in [0.29, 0.717) is 32.8 Å². The number of hydrogen-bond donors (Lipinski definition) is 0. The molecule has 2 saturated heterocycles. The lowest BCUT2D eigenvalue weighted by atomic mass is 9.73. The van der Waals surface area contributed by atoms with Crippen molar-refractivity contribution in [3.05, 3.63) is 24.5 Å². The van der Waals surface area contributed by atoms with Gasteiger partial charge in [-0.1, -0.05) is 0 Å². The van der Waals surface area contributed by atoms with Gasteiger partial charge in [-0.05, 0) is 51.7 Å². The van der Waals surface area contributed by atoms with Gasteiger partial charge in [-0.3, -0.25) is 19.5 Å². The van der Waals surface area contributed by atoms with Crippen molar-refractivity contribution in [2.45, 2.75) is 45.6 Å². The highest BCUT2D eigenvalue weighted by molar-refractivity contribution is 5.78. The largest absolute Gasteiger partial charge is 0.466 e. The Balaban J connectivity index is 1.51. The van der Waals surface area contributed by atoms with E-state index in [1.165, 1.54) is 5.69 Å². The molecular formula is C26H40N4O5. The van der Waals surface area contributed by atoms with E-state index in [-0.39, 0.29) is 30.1 Å². The van der Waals surface area contributed by atoms with Gasteiger partial charge in [-0.2, -0.15) is 0 Å². The van der Waals surface area contributed by atoms with Gasteiger partial charge in [0.1, 0.15) is 5.60 Å². The SMILES string of the molecule is CCOC(=O)CC(C1CCN(C(=O)CN2CCN(c3ccncc3)CC2)CC1)C(C)(C=O)OCC. The Bertz CT molecular complexity index is 822. The minimum Gasteiger partial charge on any atom is -0.466 e. The summed E-state index contributed by atoms with van der Waals surface area (Å²) in [5.74, 6) is -0.341. The van der Waals surface area contributed by atoms with Crippen LogP contribution in [-0.2, 0) is 23.9 Å². The van der Waals surface area contributed by atoms with Crippen molar-refractivity contribution in [2.24, 2.45) is 11.8 Å². The fraction of sp³-hybridized carbons (Fsp3) is 0.692. The molecule has 3 heterocycles. The van der Waals surface area contributed by atoms with Crippen molar-refractivity contribution < 1.29 is 23.9 Å². The number of esters is 1. The molecule has 2 atom stereocenters. The van der Waals surface area contributed by atoms with Gasteiger partial charge in [0.25, 0.3) is 0 Å². The lowest BCUT2D eigenvalue weighted by molar-refractivity contribution is -0.156. The number of nitrogens with zero attached hydrogens (tertiary/aromatic N) is 4. The van der Waals surface area contributed by atoms with Crippen molar-refractivity contribution in [3.8, 4) is 0 Å². The molecule has 9 heteroatoms. The molecule has 9 nitrogen and oxygen atoms in total. The monoisotopic (exact) mass is 488 g/mol. The standard InChI is InChI=1S/C26H40N4O5/c1-4-34-25(33)18-23(26(3,20-31)35-5-2)21-8-12-30(13-9-21)24(32)19-28-14-16-29(17-15-28)22-6-10-27-11-7-22/h6-7,10-11,20-21,23H,4-5,8-9,12-19H2,1-3H3. The lowest BCUT2D eigenvalue weighted by Gasteiger charge is -2.42. The van der Waals surface area contributed by atoms with Crippen LogP contribution in [0.15, 0.2) is 24.5 Å². The Kier molecular flexibility index (Phi) is 10.0. The number of pyridine rings is 1. The van der Waals surface area contributed by atoms with E-state index in [1.54, 1.807) is 26.2 Å². The maximum atomic E-state index is 13.0. The van der Waals surface area contributed by atoms with E-state index in [4.69, 9.17) is 9.47 Å². The first-order chi connectivity index (χ1) is 16.9. The predicted octanol–water partition coefficient (Wildman–Crippen LogP) is 2.01. The van der Waals surface area contributed by atoms with Crippen molar-refractivity contribution in [1.82, 2.24) is 14.8 Å². The number of anilines is 1. The maximum Gasteiger partial charge on any atom is 0.306 e. The molecule has 2 aliphatic heterocycles. The number of piperazine rings is 1. The van der Waals surface area contributed by atoms with Gasteiger partial charge in [-0.15, -0.1) is 0 Å². The molecule has 1 amide bonds. The molecule has 2 fully saturated rings. The minimum absolute atomic E-state index is 0.106. The average Bonchev–Trinajstić information content (AvgIpc) is 2.88. The number of aldehydes is 1. The summed E-state index contributed by atoms with van der Waals surface area (Å²) in [7, 11) is 0. The third kappa shape index (κ3) is 7.24. The quantitative estimate of drug-likeness (QED) is 0.345. The van der Waals surface area contributed by atoms with Gasteiger partial charge in [0.05, 0.1) is 19.6 Å². The van der Waals surface area contributed by atoms with E-state index in [9.17, 15) is 14.4 Å². The number of likely N-dealkylation sites (tertiary alicyclic amines) is 1. The van der Waals surface area contributed by atoms with Crippen LogP contribution in [-0.4, -0.2) is 97.6 Å². The zero-order valence-electron chi connectivity index (χ0n) is 21.4. The first-order valence-electron chi connectivity index (χ1n) is 12.8. The summed E-state index contributed by atoms with van der Waals surface area (Å²) in [5, 5.41) is 0. The van der Waals surface area contributed by atoms with E-state index in [0.717, 1.165) is 45.3 Å². The van der Waals surface area contributed by atoms with Gasteiger partial charge < -0.3 is 24.1 Å². The fourth-order valence-electron chi connectivity index (χ4n) is 5.34. The second kappa shape index (κ2) is 13.0. The number of rotatable bonds is 11. The molecule has 2 aliphatic rings. The molecule has 0 aromatic carbocycles. The Morgan fingerprint density at radius 2 is 1.74 bits per heavy atom. The summed E-state index contributed by atoms with van der Waals surface area (Å²) in [6.45, 7) is 11.2. The van der Waals surface area contributed by atoms with Gasteiger partial charge >= 0.3 is 5.97 Å². The number of amides is 1. The maximum absolute atomic E-state index is 13.0. The molecule has 35 heavy (non-hydrogen) atoms. The highest BCUT2D eigenvalue weighted by atomic mass is 16.5. The van der Waals surface area contributed by atoms with Gasteiger partial charge in [-0.25, -0.2) is 0 Å². The van der Waals surface area contributed by atoms with E-state index in [2.05, 4.69) is 14.8 Å². The summed E-state index contributed by atoms with van der Waals surface area (Å²) in [4.78, 5) is 47.9. The summed E-state index contributed by atoms with van der Waals surface area (Å²) >= 11 is 0. The molecule has 1 aromatic rings. The lowest BCUT2D eigenvalue weighted by Crippen LogP contribution is -2.52. The smallest absolute Gasteiger partial charge is 0.306 e. The second-order valence-electron chi connectivity index (χ2n) is 9.54. The van der Waals surface area contributed by atoms with Crippen LogP contribution in [0.5, 0.6) is 0 Å². The van der Waals surface area contributed by atoms with Gasteiger partial charge in [0.15, 0.2) is 6.29 Å². The van der Waals surface area contributed by atoms with Crippen LogP contribution in [0.1, 0.15) is 40.0 Å². The molecule has 3 rings (SSSR count). The Labute approximate surface area is 208 Å². The van der Waals surface area contributed by atoms with E-state index < -0.39 is 5.60 Å². The topological polar surface area (TPSA) is 92.3 Å². The molecule has 2 unspecified atom stereocenters. The number of piperidine rings is 1. The molecule has 194 valence electrons. The Hall–Kier alpha value is -2.52. The average molecular weight is 489 g/mol. The minimum atomic E-state index is -1.05. The van der Waals surface area contributed by atoms with Gasteiger partial charge in [0, 0.05) is 69.9 Å². The Morgan fingerprint density at radius 3 is 2.31 bits per heavy atom. The van der Waals surface area contributed by atoms with E-state index >= 15 is 0 Å². The Morgan fingerprint density at radius 1 is 1.09 bits per heavy atom. The van der Waals surface area contributed by atoms with Crippen LogP contribution in [0, 0.1) is 11.8 Å². The molecule has 0 bridgehead atoms. The second-order valence-corrected chi connectivity index (χ2v) is 9.54. The van der Waals surface area contributed by atoms with Gasteiger partial charge in [0.2, 0.25) is 5.91 Å². The third-order valence-corrected chi connectivity index (χ3v) is 7.34. The highest BCUT2D eigenvalue weighted by Gasteiger charge is 2.43. The summed E-state index contributed by atoms with van der Waals surface area (Å²) in [6.07, 6.45) is 6.05. The molecule has 0 spiro atoms. The normalized spacial score (nSPS) is 20.2. The number of carbonyl (C=O) groups is 3. The van der Waals surface area contributed by atoms with Crippen molar-refractivity contribution in [3.63, 3.8) is 0 Å². The van der Waals surface area contributed by atoms with Crippen LogP contribution in [0.4, 0.5) is 5.69 Å². The van der Waals surface area contributed by atoms with Crippen LogP contribution in [0.2, 0.25) is 0 Å². The number of carbonyl (C=O) groups excluding carboxylic acids is 3. The number of aromatic nitrogens is 1. The molecular weight excluding hydrogens is 448 g/mol. The highest BCUT2D eigenvalue weighted by Crippen LogP contribution is 2.36. The van der Waals surface area contributed by atoms with Crippen molar-refractivity contribution >= 4 is 23.9 Å². The first-order valence-corrected chi connectivity index (χ1v) is 12.8. The van der Waals surface area contributed by atoms with Crippen molar-refractivity contribution in [2.75, 3.05) is 63.9 Å².